The fourth-order valence-electron chi connectivity index (χ4n) is 3.88. The third kappa shape index (κ3) is 3.48. The standard InChI is InChI=1S/C21H26N6O2/c1-3-13-10-22-17(13)12-29-18-11-23-26(2)20(18)15-6-7-27-16(8-15)9-19(25-27)24-21(28)14-4-5-14/h6-9,11,13-14,17,22H,3-5,10,12H2,1-2H3,(H,24,25,28)/t13-,17-/m1/s1. The average molecular weight is 394 g/mol. The van der Waals surface area contributed by atoms with Crippen LogP contribution in [0.1, 0.15) is 26.2 Å². The molecule has 1 aliphatic heterocycles. The van der Waals surface area contributed by atoms with E-state index in [1.165, 1.54) is 6.42 Å². The summed E-state index contributed by atoms with van der Waals surface area (Å²) in [6.45, 7) is 3.93. The highest BCUT2D eigenvalue weighted by Gasteiger charge is 2.30. The van der Waals surface area contributed by atoms with E-state index < -0.39 is 0 Å². The third-order valence-corrected chi connectivity index (χ3v) is 6.00. The predicted octanol–water partition coefficient (Wildman–Crippen LogP) is 2.46. The summed E-state index contributed by atoms with van der Waals surface area (Å²) in [7, 11) is 1.92. The SMILES string of the molecule is CC[C@@H]1CN[C@@H]1COc1cnn(C)c1-c1ccn2nc(NC(=O)C3CC3)cc2c1. The molecule has 0 aromatic carbocycles. The molecule has 0 radical (unpaired) electrons. The van der Waals surface area contributed by atoms with Crippen molar-refractivity contribution in [3.8, 4) is 17.0 Å². The highest BCUT2D eigenvalue weighted by Crippen LogP contribution is 2.32. The summed E-state index contributed by atoms with van der Waals surface area (Å²) in [5, 5.41) is 15.2. The van der Waals surface area contributed by atoms with Crippen molar-refractivity contribution < 1.29 is 9.53 Å². The Labute approximate surface area is 169 Å². The van der Waals surface area contributed by atoms with Gasteiger partial charge < -0.3 is 15.4 Å². The van der Waals surface area contributed by atoms with E-state index in [2.05, 4.69) is 27.8 Å². The van der Waals surface area contributed by atoms with Gasteiger partial charge in [-0.15, -0.1) is 0 Å². The largest absolute Gasteiger partial charge is 0.488 e. The van der Waals surface area contributed by atoms with Crippen LogP contribution in [-0.4, -0.2) is 44.5 Å². The number of fused-ring (bicyclic) bond motifs is 1. The minimum Gasteiger partial charge on any atom is -0.488 e. The minimum absolute atomic E-state index is 0.0611. The summed E-state index contributed by atoms with van der Waals surface area (Å²) in [6, 6.07) is 6.33. The highest BCUT2D eigenvalue weighted by molar-refractivity contribution is 5.93. The number of hydrogen-bond donors (Lipinski definition) is 2. The first-order valence-electron chi connectivity index (χ1n) is 10.3. The Morgan fingerprint density at radius 2 is 2.24 bits per heavy atom. The number of carbonyl (C=O) groups is 1. The van der Waals surface area contributed by atoms with E-state index >= 15 is 0 Å². The topological polar surface area (TPSA) is 85.5 Å². The van der Waals surface area contributed by atoms with Crippen LogP contribution in [0.15, 0.2) is 30.6 Å². The number of aryl methyl sites for hydroxylation is 1. The first kappa shape index (κ1) is 18.2. The van der Waals surface area contributed by atoms with E-state index in [-0.39, 0.29) is 11.8 Å². The molecule has 1 saturated heterocycles. The maximum absolute atomic E-state index is 12.0. The Bertz CT molecular complexity index is 1050. The molecule has 29 heavy (non-hydrogen) atoms. The highest BCUT2D eigenvalue weighted by atomic mass is 16.5. The first-order chi connectivity index (χ1) is 14.1. The lowest BCUT2D eigenvalue weighted by atomic mass is 9.90. The van der Waals surface area contributed by atoms with Crippen LogP contribution in [0.5, 0.6) is 5.75 Å². The number of pyridine rings is 1. The molecule has 1 saturated carbocycles. The van der Waals surface area contributed by atoms with Gasteiger partial charge in [0.25, 0.3) is 0 Å². The summed E-state index contributed by atoms with van der Waals surface area (Å²) in [4.78, 5) is 12.0. The molecule has 3 aromatic heterocycles. The van der Waals surface area contributed by atoms with Crippen LogP contribution < -0.4 is 15.4 Å². The van der Waals surface area contributed by atoms with Crippen molar-refractivity contribution in [3.63, 3.8) is 0 Å². The van der Waals surface area contributed by atoms with Crippen molar-refractivity contribution in [3.05, 3.63) is 30.6 Å². The van der Waals surface area contributed by atoms with Crippen LogP contribution in [-0.2, 0) is 11.8 Å². The molecule has 2 aliphatic rings. The van der Waals surface area contributed by atoms with Crippen molar-refractivity contribution in [2.75, 3.05) is 18.5 Å². The van der Waals surface area contributed by atoms with Crippen LogP contribution >= 0.6 is 0 Å². The number of rotatable bonds is 7. The van der Waals surface area contributed by atoms with E-state index in [1.807, 2.05) is 36.1 Å². The van der Waals surface area contributed by atoms with Crippen molar-refractivity contribution in [1.82, 2.24) is 24.7 Å². The van der Waals surface area contributed by atoms with E-state index in [9.17, 15) is 4.79 Å². The smallest absolute Gasteiger partial charge is 0.228 e. The molecular weight excluding hydrogens is 368 g/mol. The lowest BCUT2D eigenvalue weighted by Gasteiger charge is -2.37. The number of carbonyl (C=O) groups excluding carboxylic acids is 1. The summed E-state index contributed by atoms with van der Waals surface area (Å²) in [5.41, 5.74) is 2.85. The van der Waals surface area contributed by atoms with Gasteiger partial charge in [0.05, 0.1) is 11.7 Å². The van der Waals surface area contributed by atoms with Gasteiger partial charge >= 0.3 is 0 Å². The van der Waals surface area contributed by atoms with Gasteiger partial charge in [-0.2, -0.15) is 10.2 Å². The van der Waals surface area contributed by atoms with E-state index in [0.717, 1.165) is 41.9 Å². The lowest BCUT2D eigenvalue weighted by molar-refractivity contribution is -0.117. The van der Waals surface area contributed by atoms with Crippen LogP contribution in [0.4, 0.5) is 5.82 Å². The summed E-state index contributed by atoms with van der Waals surface area (Å²) in [6.07, 6.45) is 6.79. The second-order valence-electron chi connectivity index (χ2n) is 8.05. The minimum atomic E-state index is 0.0611. The fourth-order valence-corrected chi connectivity index (χ4v) is 3.88. The molecule has 4 heterocycles. The zero-order chi connectivity index (χ0) is 20.0. The normalized spacial score (nSPS) is 21.2. The van der Waals surface area contributed by atoms with Crippen molar-refractivity contribution >= 4 is 17.2 Å². The molecule has 1 amide bonds. The molecule has 8 heteroatoms. The van der Waals surface area contributed by atoms with E-state index in [4.69, 9.17) is 4.74 Å². The Kier molecular flexibility index (Phi) is 4.50. The number of hydrogen-bond acceptors (Lipinski definition) is 5. The molecule has 8 nitrogen and oxygen atoms in total. The average Bonchev–Trinajstić information content (AvgIpc) is 3.37. The van der Waals surface area contributed by atoms with E-state index in [0.29, 0.717) is 24.4 Å². The number of anilines is 1. The van der Waals surface area contributed by atoms with Crippen molar-refractivity contribution in [2.24, 2.45) is 18.9 Å². The summed E-state index contributed by atoms with van der Waals surface area (Å²) in [5.74, 6) is 2.26. The van der Waals surface area contributed by atoms with Gasteiger partial charge in [0.15, 0.2) is 11.6 Å². The zero-order valence-corrected chi connectivity index (χ0v) is 16.8. The third-order valence-electron chi connectivity index (χ3n) is 6.00. The van der Waals surface area contributed by atoms with Gasteiger partial charge in [0, 0.05) is 36.8 Å². The molecule has 3 aromatic rings. The van der Waals surface area contributed by atoms with Gasteiger partial charge in [-0.3, -0.25) is 9.48 Å². The van der Waals surface area contributed by atoms with E-state index in [1.54, 1.807) is 10.7 Å². The number of ether oxygens (including phenoxy) is 1. The fraction of sp³-hybridized carbons (Fsp3) is 0.476. The maximum atomic E-state index is 12.0. The summed E-state index contributed by atoms with van der Waals surface area (Å²) < 4.78 is 9.73. The van der Waals surface area contributed by atoms with Gasteiger partial charge in [0.2, 0.25) is 5.91 Å². The van der Waals surface area contributed by atoms with Crippen LogP contribution in [0.2, 0.25) is 0 Å². The first-order valence-corrected chi connectivity index (χ1v) is 10.3. The van der Waals surface area contributed by atoms with Crippen molar-refractivity contribution in [2.45, 2.75) is 32.2 Å². The number of aromatic nitrogens is 4. The summed E-state index contributed by atoms with van der Waals surface area (Å²) >= 11 is 0. The molecule has 5 rings (SSSR count). The zero-order valence-electron chi connectivity index (χ0n) is 16.8. The molecule has 152 valence electrons. The van der Waals surface area contributed by atoms with Gasteiger partial charge in [0.1, 0.15) is 12.3 Å². The van der Waals surface area contributed by atoms with Gasteiger partial charge in [-0.25, -0.2) is 4.52 Å². The molecule has 0 bridgehead atoms. The monoisotopic (exact) mass is 394 g/mol. The second kappa shape index (κ2) is 7.18. The Hall–Kier alpha value is -2.87. The Morgan fingerprint density at radius 3 is 2.97 bits per heavy atom. The van der Waals surface area contributed by atoms with Crippen LogP contribution in [0.25, 0.3) is 16.8 Å². The molecule has 2 atom stereocenters. The second-order valence-corrected chi connectivity index (χ2v) is 8.05. The van der Waals surface area contributed by atoms with Crippen LogP contribution in [0.3, 0.4) is 0 Å². The lowest BCUT2D eigenvalue weighted by Crippen LogP contribution is -2.55. The number of amides is 1. The molecule has 2 fully saturated rings. The van der Waals surface area contributed by atoms with Gasteiger partial charge in [-0.05, 0) is 37.4 Å². The predicted molar refractivity (Wildman–Crippen MR) is 110 cm³/mol. The van der Waals surface area contributed by atoms with Crippen LogP contribution in [0, 0.1) is 11.8 Å². The molecular formula is C21H26N6O2. The molecule has 1 aliphatic carbocycles. The number of nitrogens with one attached hydrogen (secondary N) is 2. The molecule has 0 unspecified atom stereocenters. The Morgan fingerprint density at radius 1 is 1.38 bits per heavy atom. The van der Waals surface area contributed by atoms with Gasteiger partial charge in [-0.1, -0.05) is 13.3 Å². The molecule has 2 N–H and O–H groups in total. The Balaban J connectivity index is 1.37. The number of nitrogens with zero attached hydrogens (tertiary/aromatic N) is 4. The van der Waals surface area contributed by atoms with Crippen molar-refractivity contribution in [1.29, 1.82) is 0 Å². The molecule has 0 spiro atoms. The quantitative estimate of drug-likeness (QED) is 0.643. The maximum Gasteiger partial charge on any atom is 0.228 e.